The largest absolute Gasteiger partial charge is 0.508 e. The lowest BCUT2D eigenvalue weighted by Crippen LogP contribution is -2.39. The van der Waals surface area contributed by atoms with Crippen molar-refractivity contribution in [2.75, 3.05) is 25.5 Å². The third-order valence-electron chi connectivity index (χ3n) is 6.54. The second-order valence-corrected chi connectivity index (χ2v) is 12.0. The van der Waals surface area contributed by atoms with E-state index in [0.717, 1.165) is 11.1 Å². The van der Waals surface area contributed by atoms with E-state index < -0.39 is 22.1 Å². The lowest BCUT2D eigenvalue weighted by molar-refractivity contribution is -0.252. The molecule has 214 valence electrons. The van der Waals surface area contributed by atoms with Crippen molar-refractivity contribution in [3.05, 3.63) is 95.1 Å². The highest BCUT2D eigenvalue weighted by molar-refractivity contribution is 6.76. The number of carbonyl (C=O) groups is 1. The summed E-state index contributed by atoms with van der Waals surface area (Å²) in [5.41, 5.74) is 3.42. The number of alkyl halides is 3. The number of amides is 1. The zero-order valence-electron chi connectivity index (χ0n) is 21.7. The van der Waals surface area contributed by atoms with E-state index in [1.54, 1.807) is 42.5 Å². The van der Waals surface area contributed by atoms with Gasteiger partial charge in [-0.25, -0.2) is 0 Å². The fraction of sp³-hybridized carbons (Fsp3) is 0.345. The normalized spacial score (nSPS) is 20.3. The Morgan fingerprint density at radius 1 is 1.05 bits per heavy atom. The van der Waals surface area contributed by atoms with Crippen LogP contribution in [0.4, 0.5) is 5.69 Å². The smallest absolute Gasteiger partial charge is 0.276 e. The molecule has 4 rings (SSSR count). The molecule has 1 fully saturated rings. The molecule has 4 atom stereocenters. The first-order chi connectivity index (χ1) is 19.0. The van der Waals surface area contributed by atoms with Gasteiger partial charge in [0.15, 0.2) is 6.29 Å². The third-order valence-corrected chi connectivity index (χ3v) is 7.06. The maximum Gasteiger partial charge on any atom is 0.276 e. The number of benzene rings is 3. The Bertz CT molecular complexity index is 1290. The zero-order chi connectivity index (χ0) is 28.9. The number of aliphatic hydroxyl groups excluding tert-OH is 2. The van der Waals surface area contributed by atoms with Crippen LogP contribution in [0.15, 0.2) is 72.8 Å². The number of aromatic hydroxyl groups is 1. The Hall–Kier alpha value is -2.40. The number of halogens is 3. The van der Waals surface area contributed by atoms with E-state index in [-0.39, 0.29) is 24.6 Å². The van der Waals surface area contributed by atoms with Crippen molar-refractivity contribution in [2.45, 2.75) is 41.4 Å². The molecule has 0 radical (unpaired) electrons. The van der Waals surface area contributed by atoms with Crippen molar-refractivity contribution in [1.29, 1.82) is 0 Å². The molecule has 3 aromatic carbocycles. The molecule has 0 aliphatic carbocycles. The van der Waals surface area contributed by atoms with Crippen LogP contribution in [-0.4, -0.2) is 56.2 Å². The van der Waals surface area contributed by atoms with Crippen LogP contribution in [-0.2, 0) is 20.9 Å². The molecule has 11 heteroatoms. The standard InChI is InChI=1S/C29H31Cl3N2O6/c1-34(16-25(37)20-4-3-7-23(36)13-20)15-24-14-26(19-10-8-18(17-35)9-11-19)40-27(39-24)21-5-2-6-22(12-21)33-28(38)29(30,31)32/h2-13,24-27,35-37H,14-17H2,1H3,(H,33,38). The highest BCUT2D eigenvalue weighted by Gasteiger charge is 2.34. The van der Waals surface area contributed by atoms with E-state index >= 15 is 0 Å². The number of phenolic OH excluding ortho intramolecular Hbond substituents is 1. The van der Waals surface area contributed by atoms with Crippen molar-refractivity contribution in [3.63, 3.8) is 0 Å². The quantitative estimate of drug-likeness (QED) is 0.240. The van der Waals surface area contributed by atoms with Crippen LogP contribution in [0, 0.1) is 0 Å². The van der Waals surface area contributed by atoms with E-state index in [0.29, 0.717) is 36.3 Å². The van der Waals surface area contributed by atoms with Gasteiger partial charge in [-0.2, -0.15) is 0 Å². The minimum atomic E-state index is -2.11. The monoisotopic (exact) mass is 608 g/mol. The highest BCUT2D eigenvalue weighted by atomic mass is 35.6. The number of nitrogens with one attached hydrogen (secondary N) is 1. The fourth-order valence-corrected chi connectivity index (χ4v) is 4.69. The van der Waals surface area contributed by atoms with E-state index in [4.69, 9.17) is 44.3 Å². The summed E-state index contributed by atoms with van der Waals surface area (Å²) in [5, 5.41) is 32.5. The number of anilines is 1. The van der Waals surface area contributed by atoms with Crippen LogP contribution in [0.1, 0.15) is 47.2 Å². The minimum Gasteiger partial charge on any atom is -0.508 e. The van der Waals surface area contributed by atoms with Crippen molar-refractivity contribution in [3.8, 4) is 5.75 Å². The molecule has 4 unspecified atom stereocenters. The van der Waals surface area contributed by atoms with Gasteiger partial charge in [0.1, 0.15) is 5.75 Å². The molecule has 1 aliphatic rings. The number of hydrogen-bond donors (Lipinski definition) is 4. The lowest BCUT2D eigenvalue weighted by atomic mass is 9.99. The Kier molecular flexibility index (Phi) is 10.3. The molecule has 1 heterocycles. The van der Waals surface area contributed by atoms with Gasteiger partial charge in [0.25, 0.3) is 9.70 Å². The average Bonchev–Trinajstić information content (AvgIpc) is 2.92. The second kappa shape index (κ2) is 13.5. The van der Waals surface area contributed by atoms with Gasteiger partial charge in [-0.3, -0.25) is 4.79 Å². The van der Waals surface area contributed by atoms with Gasteiger partial charge in [0.2, 0.25) is 0 Å². The number of rotatable bonds is 9. The Morgan fingerprint density at radius 3 is 2.45 bits per heavy atom. The molecule has 0 bridgehead atoms. The molecule has 0 spiro atoms. The molecule has 4 N–H and O–H groups in total. The summed E-state index contributed by atoms with van der Waals surface area (Å²) in [6.07, 6.45) is -1.61. The van der Waals surface area contributed by atoms with Crippen molar-refractivity contribution in [1.82, 2.24) is 4.90 Å². The van der Waals surface area contributed by atoms with Crippen LogP contribution < -0.4 is 5.32 Å². The van der Waals surface area contributed by atoms with Gasteiger partial charge in [-0.15, -0.1) is 0 Å². The van der Waals surface area contributed by atoms with Gasteiger partial charge in [0.05, 0.1) is 24.9 Å². The Morgan fingerprint density at radius 2 is 1.77 bits per heavy atom. The summed E-state index contributed by atoms with van der Waals surface area (Å²) in [7, 11) is 1.89. The fourth-order valence-electron chi connectivity index (χ4n) is 4.55. The van der Waals surface area contributed by atoms with Crippen LogP contribution >= 0.6 is 34.8 Å². The summed E-state index contributed by atoms with van der Waals surface area (Å²) in [6, 6.07) is 21.0. The zero-order valence-corrected chi connectivity index (χ0v) is 24.0. The molecule has 0 aromatic heterocycles. The highest BCUT2D eigenvalue weighted by Crippen LogP contribution is 2.39. The maximum atomic E-state index is 12.2. The summed E-state index contributed by atoms with van der Waals surface area (Å²) in [5.74, 6) is -0.691. The Balaban J connectivity index is 1.52. The first-order valence-corrected chi connectivity index (χ1v) is 13.8. The van der Waals surface area contributed by atoms with Gasteiger partial charge in [-0.1, -0.05) is 83.3 Å². The summed E-state index contributed by atoms with van der Waals surface area (Å²) in [6.45, 7) is 0.757. The van der Waals surface area contributed by atoms with E-state index in [9.17, 15) is 20.1 Å². The maximum absolute atomic E-state index is 12.2. The molecule has 0 saturated carbocycles. The number of ether oxygens (including phenoxy) is 2. The van der Waals surface area contributed by atoms with Crippen LogP contribution in [0.5, 0.6) is 5.75 Å². The number of aliphatic hydroxyl groups is 2. The number of phenols is 1. The molecule has 1 amide bonds. The van der Waals surface area contributed by atoms with Gasteiger partial charge in [-0.05, 0) is 48.0 Å². The predicted octanol–water partition coefficient (Wildman–Crippen LogP) is 5.40. The summed E-state index contributed by atoms with van der Waals surface area (Å²) in [4.78, 5) is 14.1. The van der Waals surface area contributed by atoms with Crippen molar-refractivity contribution < 1.29 is 29.6 Å². The SMILES string of the molecule is CN(CC1CC(c2ccc(CO)cc2)OC(c2cccc(NC(=O)C(Cl)(Cl)Cl)c2)O1)CC(O)c1cccc(O)c1. The van der Waals surface area contributed by atoms with Gasteiger partial charge < -0.3 is 35.0 Å². The first kappa shape index (κ1) is 30.6. The van der Waals surface area contributed by atoms with Gasteiger partial charge >= 0.3 is 0 Å². The average molecular weight is 610 g/mol. The topological polar surface area (TPSA) is 111 Å². The van der Waals surface area contributed by atoms with Crippen molar-refractivity contribution >= 4 is 46.4 Å². The predicted molar refractivity (Wildman–Crippen MR) is 154 cm³/mol. The van der Waals surface area contributed by atoms with E-state index in [1.165, 1.54) is 0 Å². The number of hydrogen-bond acceptors (Lipinski definition) is 7. The number of nitrogens with zero attached hydrogens (tertiary/aromatic N) is 1. The molecule has 1 aliphatic heterocycles. The molecule has 3 aromatic rings. The second-order valence-electron chi connectivity index (χ2n) is 9.76. The summed E-state index contributed by atoms with van der Waals surface area (Å²) < 4.78 is 10.6. The van der Waals surface area contributed by atoms with E-state index in [1.807, 2.05) is 42.3 Å². The lowest BCUT2D eigenvalue weighted by Gasteiger charge is -2.38. The summed E-state index contributed by atoms with van der Waals surface area (Å²) >= 11 is 17.1. The number of likely N-dealkylation sites (N-methyl/N-ethyl adjacent to an activating group) is 1. The Labute approximate surface area is 248 Å². The van der Waals surface area contributed by atoms with Crippen LogP contribution in [0.25, 0.3) is 0 Å². The minimum absolute atomic E-state index is 0.0564. The van der Waals surface area contributed by atoms with Crippen LogP contribution in [0.3, 0.4) is 0 Å². The molecule has 40 heavy (non-hydrogen) atoms. The molecular weight excluding hydrogens is 579 g/mol. The molecular formula is C29H31Cl3N2O6. The molecule has 8 nitrogen and oxygen atoms in total. The molecule has 1 saturated heterocycles. The number of carbonyl (C=O) groups excluding carboxylic acids is 1. The van der Waals surface area contributed by atoms with E-state index in [2.05, 4.69) is 5.32 Å². The van der Waals surface area contributed by atoms with Crippen LogP contribution in [0.2, 0.25) is 0 Å². The third kappa shape index (κ3) is 8.31. The van der Waals surface area contributed by atoms with Crippen molar-refractivity contribution in [2.24, 2.45) is 0 Å². The van der Waals surface area contributed by atoms with Gasteiger partial charge in [0, 0.05) is 30.8 Å². The first-order valence-electron chi connectivity index (χ1n) is 12.7.